The summed E-state index contributed by atoms with van der Waals surface area (Å²) in [5.74, 6) is -3.01. The van der Waals surface area contributed by atoms with Crippen molar-refractivity contribution < 1.29 is 18.3 Å². The first-order chi connectivity index (χ1) is 10.8. The highest BCUT2D eigenvalue weighted by Crippen LogP contribution is 2.15. The first kappa shape index (κ1) is 16.8. The number of carbonyl (C=O) groups is 1. The van der Waals surface area contributed by atoms with Crippen LogP contribution in [0.15, 0.2) is 36.7 Å². The van der Waals surface area contributed by atoms with Crippen LogP contribution in [-0.2, 0) is 6.54 Å². The molecule has 0 fully saturated rings. The summed E-state index contributed by atoms with van der Waals surface area (Å²) in [6.07, 6.45) is 3.04. The molecule has 0 spiro atoms. The lowest BCUT2D eigenvalue weighted by molar-refractivity contribution is -0.0242. The molecule has 0 saturated carbocycles. The summed E-state index contributed by atoms with van der Waals surface area (Å²) in [5, 5.41) is 2.75. The average Bonchev–Trinajstić information content (AvgIpc) is 2.51. The van der Waals surface area contributed by atoms with Gasteiger partial charge in [-0.05, 0) is 24.6 Å². The van der Waals surface area contributed by atoms with Crippen LogP contribution in [0.5, 0.6) is 5.88 Å². The van der Waals surface area contributed by atoms with Crippen LogP contribution in [0.3, 0.4) is 0 Å². The Labute approximate surface area is 132 Å². The van der Waals surface area contributed by atoms with Gasteiger partial charge in [-0.1, -0.05) is 6.07 Å². The zero-order chi connectivity index (χ0) is 16.9. The molecule has 122 valence electrons. The zero-order valence-corrected chi connectivity index (χ0v) is 12.8. The quantitative estimate of drug-likeness (QED) is 0.888. The lowest BCUT2D eigenvalue weighted by atomic mass is 10.2. The SMILES string of the molecule is Cc1cc(C(=O)NCc2ccc(OCC(C)(F)F)nc2)ccn1. The van der Waals surface area contributed by atoms with E-state index in [2.05, 4.69) is 15.3 Å². The van der Waals surface area contributed by atoms with Crippen LogP contribution in [0, 0.1) is 6.92 Å². The fourth-order valence-electron chi connectivity index (χ4n) is 1.77. The Hall–Kier alpha value is -2.57. The van der Waals surface area contributed by atoms with Gasteiger partial charge in [0, 0.05) is 43.2 Å². The summed E-state index contributed by atoms with van der Waals surface area (Å²) in [7, 11) is 0. The van der Waals surface area contributed by atoms with Crippen LogP contribution in [0.2, 0.25) is 0 Å². The molecule has 2 aromatic rings. The fraction of sp³-hybridized carbons (Fsp3) is 0.312. The maximum atomic E-state index is 12.7. The van der Waals surface area contributed by atoms with Gasteiger partial charge in [0.15, 0.2) is 6.61 Å². The molecule has 0 saturated heterocycles. The topological polar surface area (TPSA) is 64.1 Å². The molecule has 5 nitrogen and oxygen atoms in total. The number of ether oxygens (including phenoxy) is 1. The van der Waals surface area contributed by atoms with E-state index in [9.17, 15) is 13.6 Å². The third kappa shape index (κ3) is 5.61. The summed E-state index contributed by atoms with van der Waals surface area (Å²) in [6.45, 7) is 2.13. The third-order valence-corrected chi connectivity index (χ3v) is 2.88. The number of hydrogen-bond donors (Lipinski definition) is 1. The van der Waals surface area contributed by atoms with Gasteiger partial charge in [-0.3, -0.25) is 9.78 Å². The Morgan fingerprint density at radius 3 is 2.70 bits per heavy atom. The number of aryl methyl sites for hydroxylation is 1. The van der Waals surface area contributed by atoms with Crippen molar-refractivity contribution in [3.05, 3.63) is 53.5 Å². The van der Waals surface area contributed by atoms with E-state index in [1.165, 1.54) is 12.3 Å². The van der Waals surface area contributed by atoms with Gasteiger partial charge in [-0.25, -0.2) is 13.8 Å². The van der Waals surface area contributed by atoms with E-state index in [0.717, 1.165) is 18.2 Å². The molecule has 0 aliphatic carbocycles. The monoisotopic (exact) mass is 321 g/mol. The first-order valence-electron chi connectivity index (χ1n) is 7.00. The van der Waals surface area contributed by atoms with Crippen molar-refractivity contribution >= 4 is 5.91 Å². The minimum absolute atomic E-state index is 0.117. The molecule has 0 radical (unpaired) electrons. The zero-order valence-electron chi connectivity index (χ0n) is 12.8. The van der Waals surface area contributed by atoms with E-state index in [-0.39, 0.29) is 18.3 Å². The largest absolute Gasteiger partial charge is 0.471 e. The molecule has 0 aromatic carbocycles. The summed E-state index contributed by atoms with van der Waals surface area (Å²) in [4.78, 5) is 19.9. The summed E-state index contributed by atoms with van der Waals surface area (Å²) >= 11 is 0. The molecule has 7 heteroatoms. The van der Waals surface area contributed by atoms with Crippen molar-refractivity contribution in [1.82, 2.24) is 15.3 Å². The number of aromatic nitrogens is 2. The highest BCUT2D eigenvalue weighted by atomic mass is 19.3. The highest BCUT2D eigenvalue weighted by Gasteiger charge is 2.22. The first-order valence-corrected chi connectivity index (χ1v) is 7.00. The van der Waals surface area contributed by atoms with Gasteiger partial charge >= 0.3 is 0 Å². The molecule has 0 aliphatic heterocycles. The molecule has 0 bridgehead atoms. The normalized spacial score (nSPS) is 11.1. The van der Waals surface area contributed by atoms with Crippen LogP contribution in [0.4, 0.5) is 8.78 Å². The molecule has 0 atom stereocenters. The summed E-state index contributed by atoms with van der Waals surface area (Å²) < 4.78 is 30.2. The van der Waals surface area contributed by atoms with Crippen LogP contribution >= 0.6 is 0 Å². The van der Waals surface area contributed by atoms with E-state index in [1.807, 2.05) is 0 Å². The molecule has 2 rings (SSSR count). The average molecular weight is 321 g/mol. The standard InChI is InChI=1S/C16H17F2N3O2/c1-11-7-13(5-6-19-11)15(22)21-9-12-3-4-14(20-8-12)23-10-16(2,17)18/h3-8H,9-10H2,1-2H3,(H,21,22). The molecule has 2 aromatic heterocycles. The molecule has 2 heterocycles. The Morgan fingerprint density at radius 1 is 1.30 bits per heavy atom. The van der Waals surface area contributed by atoms with Crippen molar-refractivity contribution in [2.45, 2.75) is 26.3 Å². The molecule has 1 N–H and O–H groups in total. The Kier molecular flexibility index (Phi) is 5.20. The maximum Gasteiger partial charge on any atom is 0.278 e. The number of carbonyl (C=O) groups excluding carboxylic acids is 1. The number of pyridine rings is 2. The minimum Gasteiger partial charge on any atom is -0.471 e. The van der Waals surface area contributed by atoms with Gasteiger partial charge in [0.25, 0.3) is 11.8 Å². The van der Waals surface area contributed by atoms with E-state index >= 15 is 0 Å². The predicted octanol–water partition coefficient (Wildman–Crippen LogP) is 2.75. The number of rotatable bonds is 6. The molecule has 0 unspecified atom stereocenters. The Bertz CT molecular complexity index is 670. The van der Waals surface area contributed by atoms with Crippen LogP contribution in [0.1, 0.15) is 28.5 Å². The number of nitrogens with zero attached hydrogens (tertiary/aromatic N) is 2. The van der Waals surface area contributed by atoms with Gasteiger partial charge < -0.3 is 10.1 Å². The number of nitrogens with one attached hydrogen (secondary N) is 1. The Balaban J connectivity index is 1.87. The fourth-order valence-corrected chi connectivity index (χ4v) is 1.77. The number of amides is 1. The van der Waals surface area contributed by atoms with Crippen molar-refractivity contribution in [3.8, 4) is 5.88 Å². The van der Waals surface area contributed by atoms with E-state index in [1.54, 1.807) is 31.3 Å². The summed E-state index contributed by atoms with van der Waals surface area (Å²) in [5.41, 5.74) is 2.02. The van der Waals surface area contributed by atoms with Crippen LogP contribution in [-0.4, -0.2) is 28.4 Å². The predicted molar refractivity (Wildman–Crippen MR) is 80.5 cm³/mol. The molecular formula is C16H17F2N3O2. The van der Waals surface area contributed by atoms with Gasteiger partial charge in [-0.2, -0.15) is 0 Å². The molecule has 1 amide bonds. The molecule has 23 heavy (non-hydrogen) atoms. The second-order valence-corrected chi connectivity index (χ2v) is 5.23. The maximum absolute atomic E-state index is 12.7. The van der Waals surface area contributed by atoms with E-state index in [0.29, 0.717) is 5.56 Å². The second kappa shape index (κ2) is 7.13. The van der Waals surface area contributed by atoms with Crippen LogP contribution in [0.25, 0.3) is 0 Å². The third-order valence-electron chi connectivity index (χ3n) is 2.88. The van der Waals surface area contributed by atoms with Gasteiger partial charge in [0.2, 0.25) is 5.88 Å². The molecule has 0 aliphatic rings. The van der Waals surface area contributed by atoms with Crippen molar-refractivity contribution in [1.29, 1.82) is 0 Å². The van der Waals surface area contributed by atoms with Gasteiger partial charge in [0.1, 0.15) is 0 Å². The van der Waals surface area contributed by atoms with Gasteiger partial charge in [-0.15, -0.1) is 0 Å². The number of hydrogen-bond acceptors (Lipinski definition) is 4. The second-order valence-electron chi connectivity index (χ2n) is 5.23. The van der Waals surface area contributed by atoms with Crippen molar-refractivity contribution in [2.75, 3.05) is 6.61 Å². The lowest BCUT2D eigenvalue weighted by Crippen LogP contribution is -2.23. The number of halogens is 2. The lowest BCUT2D eigenvalue weighted by Gasteiger charge is -2.11. The van der Waals surface area contributed by atoms with Crippen molar-refractivity contribution in [2.24, 2.45) is 0 Å². The van der Waals surface area contributed by atoms with E-state index < -0.39 is 12.5 Å². The summed E-state index contributed by atoms with van der Waals surface area (Å²) in [6, 6.07) is 6.47. The smallest absolute Gasteiger partial charge is 0.278 e. The van der Waals surface area contributed by atoms with E-state index in [4.69, 9.17) is 4.74 Å². The molecular weight excluding hydrogens is 304 g/mol. The van der Waals surface area contributed by atoms with Gasteiger partial charge in [0.05, 0.1) is 0 Å². The van der Waals surface area contributed by atoms with Crippen molar-refractivity contribution in [3.63, 3.8) is 0 Å². The minimum atomic E-state index is -2.91. The number of alkyl halides is 2. The van der Waals surface area contributed by atoms with Crippen LogP contribution < -0.4 is 10.1 Å². The highest BCUT2D eigenvalue weighted by molar-refractivity contribution is 5.94. The Morgan fingerprint density at radius 2 is 2.09 bits per heavy atom.